The number of amides is 1. The molecule has 4 rings (SSSR count). The highest BCUT2D eigenvalue weighted by Crippen LogP contribution is 2.20. The minimum absolute atomic E-state index is 0.243. The molecule has 2 saturated heterocycles. The summed E-state index contributed by atoms with van der Waals surface area (Å²) in [5, 5.41) is 2.90. The first-order valence-corrected chi connectivity index (χ1v) is 9.20. The van der Waals surface area contributed by atoms with E-state index in [1.165, 1.54) is 0 Å². The van der Waals surface area contributed by atoms with Gasteiger partial charge >= 0.3 is 0 Å². The molecule has 2 aliphatic rings. The van der Waals surface area contributed by atoms with Gasteiger partial charge in [-0.2, -0.15) is 4.98 Å². The van der Waals surface area contributed by atoms with Gasteiger partial charge in [0.15, 0.2) is 0 Å². The minimum Gasteiger partial charge on any atom is -0.378 e. The van der Waals surface area contributed by atoms with Crippen LogP contribution in [0.1, 0.15) is 10.5 Å². The van der Waals surface area contributed by atoms with Crippen LogP contribution in [0.5, 0.6) is 0 Å². The van der Waals surface area contributed by atoms with Crippen molar-refractivity contribution < 1.29 is 14.3 Å². The van der Waals surface area contributed by atoms with Crippen LogP contribution in [0.25, 0.3) is 0 Å². The number of aromatic nitrogens is 2. The van der Waals surface area contributed by atoms with E-state index in [4.69, 9.17) is 14.5 Å². The molecule has 0 atom stereocenters. The van der Waals surface area contributed by atoms with Crippen LogP contribution in [-0.2, 0) is 9.47 Å². The third kappa shape index (κ3) is 4.35. The summed E-state index contributed by atoms with van der Waals surface area (Å²) in [6.45, 7) is 5.51. The number of hydrogen-bond donors (Lipinski definition) is 1. The zero-order valence-corrected chi connectivity index (χ0v) is 15.1. The maximum Gasteiger partial charge on any atom is 0.274 e. The van der Waals surface area contributed by atoms with Crippen molar-refractivity contribution in [2.45, 2.75) is 0 Å². The monoisotopic (exact) mass is 369 g/mol. The van der Waals surface area contributed by atoms with Gasteiger partial charge in [0, 0.05) is 37.9 Å². The highest BCUT2D eigenvalue weighted by atomic mass is 16.5. The number of nitrogens with zero attached hydrogens (tertiary/aromatic N) is 4. The van der Waals surface area contributed by atoms with Gasteiger partial charge < -0.3 is 24.6 Å². The maximum atomic E-state index is 12.8. The molecule has 0 unspecified atom stereocenters. The average Bonchev–Trinajstić information content (AvgIpc) is 2.75. The number of nitrogens with one attached hydrogen (secondary N) is 1. The van der Waals surface area contributed by atoms with Gasteiger partial charge in [0.25, 0.3) is 5.91 Å². The van der Waals surface area contributed by atoms with Gasteiger partial charge in [-0.05, 0) is 12.1 Å². The van der Waals surface area contributed by atoms with E-state index < -0.39 is 0 Å². The lowest BCUT2D eigenvalue weighted by Crippen LogP contribution is -2.40. The van der Waals surface area contributed by atoms with Crippen molar-refractivity contribution in [1.29, 1.82) is 0 Å². The standard InChI is InChI=1S/C19H23N5O3/c25-18(20-15-4-2-1-3-5-15)16-14-17(23-6-10-26-11-7-23)22-19(21-16)24-8-12-27-13-9-24/h1-5,14H,6-13H2,(H,20,25). The molecule has 8 heteroatoms. The van der Waals surface area contributed by atoms with Gasteiger partial charge in [-0.1, -0.05) is 18.2 Å². The lowest BCUT2D eigenvalue weighted by atomic mass is 10.3. The number of anilines is 3. The molecule has 27 heavy (non-hydrogen) atoms. The summed E-state index contributed by atoms with van der Waals surface area (Å²) >= 11 is 0. The maximum absolute atomic E-state index is 12.8. The third-order valence-electron chi connectivity index (χ3n) is 4.59. The zero-order valence-electron chi connectivity index (χ0n) is 15.1. The van der Waals surface area contributed by atoms with Crippen LogP contribution in [0.4, 0.5) is 17.5 Å². The Balaban J connectivity index is 1.63. The first-order valence-electron chi connectivity index (χ1n) is 9.20. The van der Waals surface area contributed by atoms with Gasteiger partial charge in [-0.15, -0.1) is 0 Å². The predicted molar refractivity (Wildman–Crippen MR) is 102 cm³/mol. The van der Waals surface area contributed by atoms with Gasteiger partial charge in [0.1, 0.15) is 11.5 Å². The second-order valence-electron chi connectivity index (χ2n) is 6.43. The van der Waals surface area contributed by atoms with Crippen LogP contribution in [-0.4, -0.2) is 68.5 Å². The summed E-state index contributed by atoms with van der Waals surface area (Å²) in [4.78, 5) is 26.2. The van der Waals surface area contributed by atoms with Crippen molar-refractivity contribution in [1.82, 2.24) is 9.97 Å². The Bertz CT molecular complexity index is 738. The van der Waals surface area contributed by atoms with E-state index in [0.717, 1.165) is 24.6 Å². The fraction of sp³-hybridized carbons (Fsp3) is 0.421. The molecule has 2 aromatic rings. The zero-order chi connectivity index (χ0) is 18.5. The van der Waals surface area contributed by atoms with Crippen LogP contribution in [0.15, 0.2) is 36.4 Å². The molecule has 0 saturated carbocycles. The normalized spacial score (nSPS) is 17.6. The van der Waals surface area contributed by atoms with Crippen molar-refractivity contribution in [2.75, 3.05) is 67.7 Å². The second kappa shape index (κ2) is 8.32. The molecule has 1 aromatic heterocycles. The summed E-state index contributed by atoms with van der Waals surface area (Å²) in [5.74, 6) is 1.08. The van der Waals surface area contributed by atoms with Gasteiger partial charge in [-0.25, -0.2) is 4.98 Å². The minimum atomic E-state index is -0.243. The summed E-state index contributed by atoms with van der Waals surface area (Å²) in [6, 6.07) is 11.1. The average molecular weight is 369 g/mol. The highest BCUT2D eigenvalue weighted by Gasteiger charge is 2.21. The summed E-state index contributed by atoms with van der Waals surface area (Å²) in [5.41, 5.74) is 1.10. The van der Waals surface area contributed by atoms with E-state index in [1.807, 2.05) is 30.3 Å². The van der Waals surface area contributed by atoms with E-state index in [1.54, 1.807) is 6.07 Å². The molecule has 1 N–H and O–H groups in total. The van der Waals surface area contributed by atoms with Crippen LogP contribution in [0.2, 0.25) is 0 Å². The Morgan fingerprint density at radius 3 is 2.19 bits per heavy atom. The Labute approximate surface area is 158 Å². The molecule has 0 bridgehead atoms. The Morgan fingerprint density at radius 2 is 1.52 bits per heavy atom. The SMILES string of the molecule is O=C(Nc1ccccc1)c1cc(N2CCOCC2)nc(N2CCOCC2)n1. The van der Waals surface area contributed by atoms with Crippen molar-refractivity contribution in [2.24, 2.45) is 0 Å². The smallest absolute Gasteiger partial charge is 0.274 e. The molecule has 0 spiro atoms. The number of rotatable bonds is 4. The molecule has 2 aliphatic heterocycles. The molecule has 3 heterocycles. The lowest BCUT2D eigenvalue weighted by molar-refractivity contribution is 0.102. The fourth-order valence-electron chi connectivity index (χ4n) is 3.11. The van der Waals surface area contributed by atoms with Gasteiger partial charge in [0.05, 0.1) is 26.4 Å². The Kier molecular flexibility index (Phi) is 5.45. The number of para-hydroxylation sites is 1. The van der Waals surface area contributed by atoms with E-state index >= 15 is 0 Å². The summed E-state index contributed by atoms with van der Waals surface area (Å²) in [7, 11) is 0. The first-order chi connectivity index (χ1) is 13.3. The van der Waals surface area contributed by atoms with E-state index in [0.29, 0.717) is 51.2 Å². The quantitative estimate of drug-likeness (QED) is 0.873. The van der Waals surface area contributed by atoms with Crippen LogP contribution >= 0.6 is 0 Å². The van der Waals surface area contributed by atoms with E-state index in [9.17, 15) is 4.79 Å². The van der Waals surface area contributed by atoms with Gasteiger partial charge in [-0.3, -0.25) is 4.79 Å². The molecule has 0 radical (unpaired) electrons. The summed E-state index contributed by atoms with van der Waals surface area (Å²) < 4.78 is 10.9. The van der Waals surface area contributed by atoms with Crippen molar-refractivity contribution >= 4 is 23.4 Å². The van der Waals surface area contributed by atoms with E-state index in [2.05, 4.69) is 20.1 Å². The molecule has 1 aromatic carbocycles. The summed E-state index contributed by atoms with van der Waals surface area (Å²) in [6.07, 6.45) is 0. The highest BCUT2D eigenvalue weighted by molar-refractivity contribution is 6.03. The molecular weight excluding hydrogens is 346 g/mol. The van der Waals surface area contributed by atoms with Crippen molar-refractivity contribution in [3.63, 3.8) is 0 Å². The molecule has 0 aliphatic carbocycles. The third-order valence-corrected chi connectivity index (χ3v) is 4.59. The Hall–Kier alpha value is -2.71. The molecule has 1 amide bonds. The first kappa shape index (κ1) is 17.7. The number of benzene rings is 1. The fourth-order valence-corrected chi connectivity index (χ4v) is 3.11. The van der Waals surface area contributed by atoms with Crippen molar-refractivity contribution in [3.05, 3.63) is 42.1 Å². The van der Waals surface area contributed by atoms with Crippen molar-refractivity contribution in [3.8, 4) is 0 Å². The topological polar surface area (TPSA) is 79.8 Å². The number of morpholine rings is 2. The van der Waals surface area contributed by atoms with Gasteiger partial charge in [0.2, 0.25) is 5.95 Å². The Morgan fingerprint density at radius 1 is 0.889 bits per heavy atom. The molecule has 2 fully saturated rings. The number of carbonyl (C=O) groups excluding carboxylic acids is 1. The van der Waals surface area contributed by atoms with E-state index in [-0.39, 0.29) is 5.91 Å². The molecule has 142 valence electrons. The number of ether oxygens (including phenoxy) is 2. The largest absolute Gasteiger partial charge is 0.378 e. The number of hydrogen-bond acceptors (Lipinski definition) is 7. The molecular formula is C19H23N5O3. The van der Waals surface area contributed by atoms with Crippen LogP contribution in [0, 0.1) is 0 Å². The predicted octanol–water partition coefficient (Wildman–Crippen LogP) is 1.40. The molecule has 8 nitrogen and oxygen atoms in total. The lowest BCUT2D eigenvalue weighted by Gasteiger charge is -2.31. The van der Waals surface area contributed by atoms with Crippen LogP contribution in [0.3, 0.4) is 0 Å². The second-order valence-corrected chi connectivity index (χ2v) is 6.43. The van der Waals surface area contributed by atoms with Crippen LogP contribution < -0.4 is 15.1 Å². The number of carbonyl (C=O) groups is 1.